The number of rotatable bonds is 7. The number of amides is 1. The first-order valence-corrected chi connectivity index (χ1v) is 8.57. The predicted octanol–water partition coefficient (Wildman–Crippen LogP) is 3.63. The lowest BCUT2D eigenvalue weighted by Crippen LogP contribution is -2.39. The summed E-state index contributed by atoms with van der Waals surface area (Å²) in [5.74, 6) is -0.601. The first-order chi connectivity index (χ1) is 13.5. The number of benzene rings is 2. The molecule has 2 aromatic rings. The zero-order valence-corrected chi connectivity index (χ0v) is 15.1. The third-order valence-electron chi connectivity index (χ3n) is 4.00. The van der Waals surface area contributed by atoms with Crippen LogP contribution in [-0.4, -0.2) is 19.0 Å². The molecule has 2 aromatic carbocycles. The van der Waals surface area contributed by atoms with Crippen molar-refractivity contribution in [3.63, 3.8) is 0 Å². The second-order valence-corrected chi connectivity index (χ2v) is 6.22. The second kappa shape index (κ2) is 9.27. The van der Waals surface area contributed by atoms with Gasteiger partial charge in [0.15, 0.2) is 0 Å². The van der Waals surface area contributed by atoms with Crippen LogP contribution in [0.5, 0.6) is 0 Å². The van der Waals surface area contributed by atoms with Crippen LogP contribution in [0, 0.1) is 0 Å². The number of nitrogens with one attached hydrogen (secondary N) is 2. The van der Waals surface area contributed by atoms with Crippen LogP contribution in [0.3, 0.4) is 0 Å². The highest BCUT2D eigenvalue weighted by Crippen LogP contribution is 2.36. The van der Waals surface area contributed by atoms with Gasteiger partial charge in [-0.1, -0.05) is 30.3 Å². The second-order valence-electron chi connectivity index (χ2n) is 6.22. The average Bonchev–Trinajstić information content (AvgIpc) is 2.66. The first-order valence-electron chi connectivity index (χ1n) is 8.57. The standard InChI is InChI=1S/C19H19F6N3O/c20-18(21,22)14-8-12(9-15(10-14)19(23,24)25)11-28-17(29)16(27-7-6-26)13-4-2-1-3-5-13/h1-5,8-10,16,27H,6-7,11,26H2,(H,28,29). The van der Waals surface area contributed by atoms with Crippen molar-refractivity contribution in [3.8, 4) is 0 Å². The van der Waals surface area contributed by atoms with Crippen molar-refractivity contribution in [1.82, 2.24) is 10.6 Å². The molecule has 0 saturated heterocycles. The Hall–Kier alpha value is -2.59. The van der Waals surface area contributed by atoms with E-state index in [1.807, 2.05) is 0 Å². The zero-order chi connectivity index (χ0) is 21.7. The smallest absolute Gasteiger partial charge is 0.350 e. The summed E-state index contributed by atoms with van der Waals surface area (Å²) in [5.41, 5.74) is 2.83. The van der Waals surface area contributed by atoms with Crippen molar-refractivity contribution in [2.75, 3.05) is 13.1 Å². The van der Waals surface area contributed by atoms with Gasteiger partial charge in [-0.2, -0.15) is 26.3 Å². The van der Waals surface area contributed by atoms with Crippen molar-refractivity contribution in [2.45, 2.75) is 24.9 Å². The van der Waals surface area contributed by atoms with E-state index in [9.17, 15) is 31.1 Å². The Labute approximate surface area is 163 Å². The number of halogens is 6. The van der Waals surface area contributed by atoms with Crippen molar-refractivity contribution >= 4 is 5.91 Å². The molecule has 0 aliphatic carbocycles. The van der Waals surface area contributed by atoms with Crippen molar-refractivity contribution in [3.05, 3.63) is 70.8 Å². The third kappa shape index (κ3) is 6.47. The maximum absolute atomic E-state index is 12.9. The minimum atomic E-state index is -4.95. The highest BCUT2D eigenvalue weighted by atomic mass is 19.4. The number of carbonyl (C=O) groups excluding carboxylic acids is 1. The molecule has 0 bridgehead atoms. The van der Waals surface area contributed by atoms with Gasteiger partial charge < -0.3 is 16.4 Å². The van der Waals surface area contributed by atoms with Gasteiger partial charge in [-0.25, -0.2) is 0 Å². The molecule has 0 radical (unpaired) electrons. The van der Waals surface area contributed by atoms with E-state index in [1.165, 1.54) is 0 Å². The summed E-state index contributed by atoms with van der Waals surface area (Å²) in [6, 6.07) is 8.82. The Morgan fingerprint density at radius 2 is 1.48 bits per heavy atom. The highest BCUT2D eigenvalue weighted by molar-refractivity contribution is 5.83. The summed E-state index contributed by atoms with van der Waals surface area (Å²) in [4.78, 5) is 12.5. The third-order valence-corrected chi connectivity index (χ3v) is 4.00. The van der Waals surface area contributed by atoms with Gasteiger partial charge in [0.05, 0.1) is 11.1 Å². The van der Waals surface area contributed by atoms with Crippen LogP contribution in [0.1, 0.15) is 28.3 Å². The molecule has 0 aliphatic rings. The Balaban J connectivity index is 2.23. The molecule has 29 heavy (non-hydrogen) atoms. The van der Waals surface area contributed by atoms with Gasteiger partial charge in [-0.3, -0.25) is 4.79 Å². The largest absolute Gasteiger partial charge is 0.416 e. The van der Waals surface area contributed by atoms with E-state index in [0.29, 0.717) is 17.7 Å². The fourth-order valence-electron chi connectivity index (χ4n) is 2.65. The van der Waals surface area contributed by atoms with E-state index < -0.39 is 42.0 Å². The molecule has 158 valence electrons. The van der Waals surface area contributed by atoms with Gasteiger partial charge in [0, 0.05) is 19.6 Å². The van der Waals surface area contributed by atoms with Crippen LogP contribution in [-0.2, 0) is 23.7 Å². The van der Waals surface area contributed by atoms with E-state index in [4.69, 9.17) is 5.73 Å². The number of carbonyl (C=O) groups is 1. The van der Waals surface area contributed by atoms with Crippen LogP contribution >= 0.6 is 0 Å². The number of alkyl halides is 6. The van der Waals surface area contributed by atoms with E-state index in [2.05, 4.69) is 10.6 Å². The monoisotopic (exact) mass is 419 g/mol. The predicted molar refractivity (Wildman–Crippen MR) is 94.5 cm³/mol. The maximum Gasteiger partial charge on any atom is 0.416 e. The quantitative estimate of drug-likeness (QED) is 0.601. The molecule has 10 heteroatoms. The molecular weight excluding hydrogens is 400 g/mol. The van der Waals surface area contributed by atoms with E-state index in [1.54, 1.807) is 30.3 Å². The van der Waals surface area contributed by atoms with Gasteiger partial charge in [-0.15, -0.1) is 0 Å². The van der Waals surface area contributed by atoms with Crippen LogP contribution in [0.25, 0.3) is 0 Å². The molecule has 0 aromatic heterocycles. The van der Waals surface area contributed by atoms with Gasteiger partial charge in [0.25, 0.3) is 0 Å². The summed E-state index contributed by atoms with van der Waals surface area (Å²) in [7, 11) is 0. The summed E-state index contributed by atoms with van der Waals surface area (Å²) in [5, 5.41) is 5.28. The Morgan fingerprint density at radius 3 is 1.97 bits per heavy atom. The molecule has 0 fully saturated rings. The van der Waals surface area contributed by atoms with E-state index >= 15 is 0 Å². The van der Waals surface area contributed by atoms with Gasteiger partial charge in [-0.05, 0) is 29.3 Å². The Bertz CT molecular complexity index is 789. The minimum Gasteiger partial charge on any atom is -0.350 e. The SMILES string of the molecule is NCCNC(C(=O)NCc1cc(C(F)(F)F)cc(C(F)(F)F)c1)c1ccccc1. The highest BCUT2D eigenvalue weighted by Gasteiger charge is 2.36. The lowest BCUT2D eigenvalue weighted by Gasteiger charge is -2.19. The zero-order valence-electron chi connectivity index (χ0n) is 15.1. The molecular formula is C19H19F6N3O. The summed E-state index contributed by atoms with van der Waals surface area (Å²) in [6.07, 6.45) is -9.90. The van der Waals surface area contributed by atoms with Crippen LogP contribution in [0.2, 0.25) is 0 Å². The van der Waals surface area contributed by atoms with Crippen molar-refractivity contribution < 1.29 is 31.1 Å². The topological polar surface area (TPSA) is 67.1 Å². The molecule has 0 heterocycles. The lowest BCUT2D eigenvalue weighted by atomic mass is 10.0. The molecule has 1 unspecified atom stereocenters. The van der Waals surface area contributed by atoms with E-state index in [-0.39, 0.29) is 24.7 Å². The molecule has 0 spiro atoms. The van der Waals surface area contributed by atoms with E-state index in [0.717, 1.165) is 0 Å². The minimum absolute atomic E-state index is 0.0426. The van der Waals surface area contributed by atoms with Gasteiger partial charge in [0.1, 0.15) is 6.04 Å². The molecule has 1 atom stereocenters. The molecule has 2 rings (SSSR count). The summed E-state index contributed by atoms with van der Waals surface area (Å²) < 4.78 is 77.7. The normalized spacial score (nSPS) is 13.2. The Kier molecular flexibility index (Phi) is 7.26. The van der Waals surface area contributed by atoms with Crippen LogP contribution < -0.4 is 16.4 Å². The summed E-state index contributed by atoms with van der Waals surface area (Å²) >= 11 is 0. The van der Waals surface area contributed by atoms with Crippen molar-refractivity contribution in [1.29, 1.82) is 0 Å². The number of hydrogen-bond acceptors (Lipinski definition) is 3. The van der Waals surface area contributed by atoms with Crippen LogP contribution in [0.15, 0.2) is 48.5 Å². The van der Waals surface area contributed by atoms with Gasteiger partial charge in [0.2, 0.25) is 5.91 Å². The molecule has 1 amide bonds. The maximum atomic E-state index is 12.9. The molecule has 4 nitrogen and oxygen atoms in total. The number of nitrogens with two attached hydrogens (primary N) is 1. The molecule has 4 N–H and O–H groups in total. The fourth-order valence-corrected chi connectivity index (χ4v) is 2.65. The molecule has 0 aliphatic heterocycles. The lowest BCUT2D eigenvalue weighted by molar-refractivity contribution is -0.143. The van der Waals surface area contributed by atoms with Crippen LogP contribution in [0.4, 0.5) is 26.3 Å². The average molecular weight is 419 g/mol. The van der Waals surface area contributed by atoms with Crippen molar-refractivity contribution in [2.24, 2.45) is 5.73 Å². The number of hydrogen-bond donors (Lipinski definition) is 3. The molecule has 0 saturated carbocycles. The van der Waals surface area contributed by atoms with Gasteiger partial charge >= 0.3 is 12.4 Å². The Morgan fingerprint density at radius 1 is 0.931 bits per heavy atom. The summed E-state index contributed by atoms with van der Waals surface area (Å²) in [6.45, 7) is 0.0212. The fraction of sp³-hybridized carbons (Fsp3) is 0.316. The first kappa shape index (κ1) is 22.7.